The third-order valence-electron chi connectivity index (χ3n) is 5.95. The van der Waals surface area contributed by atoms with Crippen molar-refractivity contribution in [1.82, 2.24) is 5.32 Å². The fraction of sp³-hybridized carbons (Fsp3) is 0.348. The first-order valence-corrected chi connectivity index (χ1v) is 10.4. The fourth-order valence-electron chi connectivity index (χ4n) is 4.35. The quantitative estimate of drug-likeness (QED) is 0.668. The molecule has 168 valence electrons. The summed E-state index contributed by atoms with van der Waals surface area (Å²) in [5.41, 5.74) is 6.10. The van der Waals surface area contributed by atoms with Gasteiger partial charge in [-0.1, -0.05) is 30.3 Å². The van der Waals surface area contributed by atoms with E-state index in [4.69, 9.17) is 10.5 Å². The van der Waals surface area contributed by atoms with Gasteiger partial charge >= 0.3 is 6.09 Å². The number of amides is 3. The van der Waals surface area contributed by atoms with E-state index < -0.39 is 41.6 Å². The van der Waals surface area contributed by atoms with Crippen LogP contribution in [0.5, 0.6) is 0 Å². The number of carbonyl (C=O) groups is 3. The number of piperidine rings is 1. The summed E-state index contributed by atoms with van der Waals surface area (Å²) in [4.78, 5) is 36.4. The second kappa shape index (κ2) is 8.94. The highest BCUT2D eigenvalue weighted by molar-refractivity contribution is 6.01. The first-order chi connectivity index (χ1) is 15.3. The van der Waals surface area contributed by atoms with E-state index in [1.165, 1.54) is 12.1 Å². The van der Waals surface area contributed by atoms with Crippen LogP contribution in [0.3, 0.4) is 0 Å². The largest absolute Gasteiger partial charge is 0.442 e. The Hall–Kier alpha value is -3.49. The molecule has 2 fully saturated rings. The van der Waals surface area contributed by atoms with Crippen LogP contribution in [0.1, 0.15) is 42.4 Å². The van der Waals surface area contributed by atoms with Gasteiger partial charge in [-0.3, -0.25) is 14.9 Å². The first-order valence-electron chi connectivity index (χ1n) is 10.4. The number of anilines is 1. The summed E-state index contributed by atoms with van der Waals surface area (Å²) >= 11 is 0. The Kier molecular flexibility index (Phi) is 6.07. The van der Waals surface area contributed by atoms with Gasteiger partial charge in [-0.25, -0.2) is 13.6 Å². The van der Waals surface area contributed by atoms with Gasteiger partial charge in [0.15, 0.2) is 0 Å². The Morgan fingerprint density at radius 1 is 1.16 bits per heavy atom. The van der Waals surface area contributed by atoms with Crippen molar-refractivity contribution in [3.05, 3.63) is 65.2 Å². The Labute approximate surface area is 183 Å². The number of hydrogen-bond donors (Lipinski definition) is 2. The summed E-state index contributed by atoms with van der Waals surface area (Å²) < 4.78 is 34.8. The van der Waals surface area contributed by atoms with Crippen LogP contribution in [0.2, 0.25) is 0 Å². The lowest BCUT2D eigenvalue weighted by atomic mass is 9.88. The molecule has 0 aromatic heterocycles. The number of carbonyl (C=O) groups excluding carboxylic acids is 3. The Morgan fingerprint density at radius 2 is 1.81 bits per heavy atom. The number of hydrogen-bond acceptors (Lipinski definition) is 5. The second-order valence-electron chi connectivity index (χ2n) is 8.17. The van der Waals surface area contributed by atoms with Gasteiger partial charge in [0.25, 0.3) is 0 Å². The van der Waals surface area contributed by atoms with Crippen molar-refractivity contribution in [2.75, 3.05) is 18.0 Å². The van der Waals surface area contributed by atoms with Crippen molar-refractivity contribution >= 4 is 23.6 Å². The van der Waals surface area contributed by atoms with E-state index in [0.29, 0.717) is 25.2 Å². The van der Waals surface area contributed by atoms with Gasteiger partial charge < -0.3 is 15.4 Å². The van der Waals surface area contributed by atoms with E-state index in [1.54, 1.807) is 0 Å². The molecule has 1 unspecified atom stereocenters. The summed E-state index contributed by atoms with van der Waals surface area (Å²) in [6, 6.07) is 11.7. The third-order valence-corrected chi connectivity index (χ3v) is 5.95. The Bertz CT molecular complexity index is 1020. The molecule has 3 N–H and O–H groups in total. The lowest BCUT2D eigenvalue weighted by molar-refractivity contribution is -0.134. The summed E-state index contributed by atoms with van der Waals surface area (Å²) in [5.74, 6) is -3.63. The van der Waals surface area contributed by atoms with E-state index in [2.05, 4.69) is 5.32 Å². The smallest absolute Gasteiger partial charge is 0.405 e. The van der Waals surface area contributed by atoms with Crippen molar-refractivity contribution in [1.29, 1.82) is 0 Å². The van der Waals surface area contributed by atoms with Crippen LogP contribution in [0.25, 0.3) is 0 Å². The summed E-state index contributed by atoms with van der Waals surface area (Å²) in [7, 11) is 0. The highest BCUT2D eigenvalue weighted by Gasteiger charge is 2.35. The molecule has 0 radical (unpaired) electrons. The number of halogens is 2. The maximum Gasteiger partial charge on any atom is 0.405 e. The number of rotatable bonds is 6. The summed E-state index contributed by atoms with van der Waals surface area (Å²) in [6.07, 6.45) is -0.707. The zero-order valence-electron chi connectivity index (χ0n) is 17.2. The zero-order valence-corrected chi connectivity index (χ0v) is 17.2. The normalized spacial score (nSPS) is 19.8. The van der Waals surface area contributed by atoms with Crippen molar-refractivity contribution in [3.8, 4) is 0 Å². The van der Waals surface area contributed by atoms with Gasteiger partial charge in [-0.15, -0.1) is 0 Å². The second-order valence-corrected chi connectivity index (χ2v) is 8.17. The monoisotopic (exact) mass is 443 g/mol. The molecule has 32 heavy (non-hydrogen) atoms. The van der Waals surface area contributed by atoms with Gasteiger partial charge in [-0.2, -0.15) is 0 Å². The number of ether oxygens (including phenoxy) is 1. The van der Waals surface area contributed by atoms with Gasteiger partial charge in [0.2, 0.25) is 11.8 Å². The number of nitrogens with one attached hydrogen (secondary N) is 1. The van der Waals surface area contributed by atoms with Crippen molar-refractivity contribution in [2.24, 2.45) is 11.7 Å². The molecule has 0 saturated carbocycles. The molecule has 7 nitrogen and oxygen atoms in total. The SMILES string of the molecule is NC(=O)O[C@@H](CC1CN(c2cc(F)c(C3CCC(=O)NC3=O)c(F)c2)C1)c1ccccc1. The number of benzene rings is 2. The molecule has 2 aromatic rings. The predicted molar refractivity (Wildman–Crippen MR) is 112 cm³/mol. The molecule has 2 saturated heterocycles. The van der Waals surface area contributed by atoms with Crippen LogP contribution < -0.4 is 16.0 Å². The maximum atomic E-state index is 14.8. The molecular weight excluding hydrogens is 420 g/mol. The standard InChI is InChI=1S/C23H23F2N3O4/c24-17-9-15(10-18(25)21(17)16-6-7-20(29)27-22(16)30)28-11-13(12-28)8-19(32-23(26)31)14-4-2-1-3-5-14/h1-5,9-10,13,16,19H,6-8,11-12H2,(H2,26,31)(H,27,29,30)/t16?,19-/m0/s1. The molecule has 0 aliphatic carbocycles. The van der Waals surface area contributed by atoms with Gasteiger partial charge in [0, 0.05) is 30.8 Å². The molecule has 4 rings (SSSR count). The predicted octanol–water partition coefficient (Wildman–Crippen LogP) is 3.15. The van der Waals surface area contributed by atoms with E-state index >= 15 is 0 Å². The van der Waals surface area contributed by atoms with Crippen molar-refractivity contribution in [2.45, 2.75) is 31.3 Å². The van der Waals surface area contributed by atoms with Crippen LogP contribution in [0.4, 0.5) is 19.3 Å². The molecule has 0 bridgehead atoms. The highest BCUT2D eigenvalue weighted by atomic mass is 19.1. The average Bonchev–Trinajstić information content (AvgIpc) is 2.70. The molecule has 2 aromatic carbocycles. The van der Waals surface area contributed by atoms with Gasteiger partial charge in [0.1, 0.15) is 17.7 Å². The Morgan fingerprint density at radius 3 is 2.41 bits per heavy atom. The van der Waals surface area contributed by atoms with Crippen LogP contribution in [-0.2, 0) is 14.3 Å². The van der Waals surface area contributed by atoms with Crippen LogP contribution in [0.15, 0.2) is 42.5 Å². The molecule has 2 aliphatic heterocycles. The zero-order chi connectivity index (χ0) is 22.8. The Balaban J connectivity index is 1.42. The van der Waals surface area contributed by atoms with E-state index in [0.717, 1.165) is 5.56 Å². The molecule has 0 spiro atoms. The lowest BCUT2D eigenvalue weighted by Gasteiger charge is -2.42. The molecule has 3 amide bonds. The van der Waals surface area contributed by atoms with Crippen molar-refractivity contribution in [3.63, 3.8) is 0 Å². The van der Waals surface area contributed by atoms with Crippen LogP contribution in [-0.4, -0.2) is 31.0 Å². The summed E-state index contributed by atoms with van der Waals surface area (Å²) in [6.45, 7) is 1.06. The average molecular weight is 443 g/mol. The summed E-state index contributed by atoms with van der Waals surface area (Å²) in [5, 5.41) is 2.13. The first kappa shape index (κ1) is 21.7. The van der Waals surface area contributed by atoms with E-state index in [9.17, 15) is 23.2 Å². The number of nitrogens with two attached hydrogens (primary N) is 1. The highest BCUT2D eigenvalue weighted by Crippen LogP contribution is 2.36. The molecule has 2 heterocycles. The lowest BCUT2D eigenvalue weighted by Crippen LogP contribution is -2.47. The minimum absolute atomic E-state index is 0.0425. The van der Waals surface area contributed by atoms with E-state index in [-0.39, 0.29) is 24.3 Å². The molecule has 2 aliphatic rings. The molecule has 9 heteroatoms. The molecule has 2 atom stereocenters. The van der Waals surface area contributed by atoms with E-state index in [1.807, 2.05) is 35.2 Å². The van der Waals surface area contributed by atoms with Gasteiger partial charge in [0.05, 0.1) is 5.92 Å². The number of imide groups is 1. The third kappa shape index (κ3) is 4.56. The van der Waals surface area contributed by atoms with Crippen molar-refractivity contribution < 1.29 is 27.9 Å². The minimum Gasteiger partial charge on any atom is -0.442 e. The van der Waals surface area contributed by atoms with Crippen LogP contribution in [0, 0.1) is 17.6 Å². The van der Waals surface area contributed by atoms with Crippen LogP contribution >= 0.6 is 0 Å². The van der Waals surface area contributed by atoms with Gasteiger partial charge in [-0.05, 0) is 36.5 Å². The minimum atomic E-state index is -1.02. The number of primary amides is 1. The fourth-order valence-corrected chi connectivity index (χ4v) is 4.35. The molecular formula is C23H23F2N3O4. The number of nitrogens with zero attached hydrogens (tertiary/aromatic N) is 1. The topological polar surface area (TPSA) is 102 Å². The maximum absolute atomic E-state index is 14.8.